The van der Waals surface area contributed by atoms with Crippen molar-refractivity contribution in [3.05, 3.63) is 48.0 Å². The molecule has 2 aromatic rings. The second-order valence-electron chi connectivity index (χ2n) is 5.99. The van der Waals surface area contributed by atoms with Gasteiger partial charge in [0.05, 0.1) is 14.2 Å². The number of benzene rings is 2. The molecule has 0 unspecified atom stereocenters. The average molecular weight is 384 g/mol. The number of nitrogens with zero attached hydrogens (tertiary/aromatic N) is 1. The van der Waals surface area contributed by atoms with E-state index in [-0.39, 0.29) is 12.5 Å². The summed E-state index contributed by atoms with van der Waals surface area (Å²) in [4.78, 5) is 16.6. The van der Waals surface area contributed by atoms with Crippen LogP contribution < -0.4 is 25.4 Å². The fourth-order valence-corrected chi connectivity index (χ4v) is 2.58. The number of carbonyl (C=O) groups excluding carboxylic acids is 1. The van der Waals surface area contributed by atoms with Gasteiger partial charge < -0.3 is 25.4 Å². The second kappa shape index (κ2) is 10.8. The minimum absolute atomic E-state index is 0.00102. The predicted molar refractivity (Wildman–Crippen MR) is 114 cm³/mol. The van der Waals surface area contributed by atoms with Crippen molar-refractivity contribution in [2.45, 2.75) is 20.3 Å². The van der Waals surface area contributed by atoms with Gasteiger partial charge in [-0.25, -0.2) is 4.99 Å². The van der Waals surface area contributed by atoms with Gasteiger partial charge in [0.25, 0.3) is 0 Å². The quantitative estimate of drug-likeness (QED) is 0.480. The molecule has 0 aromatic heterocycles. The van der Waals surface area contributed by atoms with E-state index in [2.05, 4.69) is 27.9 Å². The van der Waals surface area contributed by atoms with E-state index in [4.69, 9.17) is 9.47 Å². The summed E-state index contributed by atoms with van der Waals surface area (Å²) >= 11 is 0. The molecule has 1 amide bonds. The maximum atomic E-state index is 12.2. The third kappa shape index (κ3) is 6.19. The molecule has 0 radical (unpaired) electrons. The van der Waals surface area contributed by atoms with Crippen LogP contribution in [0.25, 0.3) is 0 Å². The molecule has 2 aromatic carbocycles. The van der Waals surface area contributed by atoms with Gasteiger partial charge in [-0.05, 0) is 43.2 Å². The lowest BCUT2D eigenvalue weighted by Gasteiger charge is -2.14. The number of carbonyl (C=O) groups is 1. The van der Waals surface area contributed by atoms with Gasteiger partial charge in [-0.15, -0.1) is 0 Å². The minimum Gasteiger partial charge on any atom is -0.493 e. The van der Waals surface area contributed by atoms with Crippen molar-refractivity contribution in [1.82, 2.24) is 5.32 Å². The van der Waals surface area contributed by atoms with E-state index in [9.17, 15) is 4.79 Å². The van der Waals surface area contributed by atoms with Gasteiger partial charge >= 0.3 is 0 Å². The highest BCUT2D eigenvalue weighted by atomic mass is 16.5. The smallest absolute Gasteiger partial charge is 0.246 e. The number of guanidine groups is 1. The predicted octanol–water partition coefficient (Wildman–Crippen LogP) is 3.28. The zero-order chi connectivity index (χ0) is 20.4. The van der Waals surface area contributed by atoms with Gasteiger partial charge in [-0.1, -0.05) is 19.1 Å². The van der Waals surface area contributed by atoms with Gasteiger partial charge in [-0.3, -0.25) is 4.79 Å². The van der Waals surface area contributed by atoms with E-state index >= 15 is 0 Å². The Morgan fingerprint density at radius 2 is 1.71 bits per heavy atom. The molecule has 0 fully saturated rings. The van der Waals surface area contributed by atoms with Crippen molar-refractivity contribution in [3.63, 3.8) is 0 Å². The third-order valence-corrected chi connectivity index (χ3v) is 3.99. The maximum Gasteiger partial charge on any atom is 0.246 e. The number of ether oxygens (including phenoxy) is 2. The summed E-state index contributed by atoms with van der Waals surface area (Å²) in [6.45, 7) is 4.70. The molecule has 3 N–H and O–H groups in total. The lowest BCUT2D eigenvalue weighted by Crippen LogP contribution is -2.31. The van der Waals surface area contributed by atoms with E-state index in [1.54, 1.807) is 20.3 Å². The van der Waals surface area contributed by atoms with Crippen LogP contribution in [0.4, 0.5) is 11.4 Å². The summed E-state index contributed by atoms with van der Waals surface area (Å²) in [5, 5.41) is 9.16. The lowest BCUT2D eigenvalue weighted by atomic mass is 10.1. The molecular weight excluding hydrogens is 356 g/mol. The first kappa shape index (κ1) is 21.1. The highest BCUT2D eigenvalue weighted by Gasteiger charge is 2.07. The number of aryl methyl sites for hydroxylation is 1. The molecule has 0 saturated heterocycles. The zero-order valence-electron chi connectivity index (χ0n) is 16.8. The number of rotatable bonds is 8. The van der Waals surface area contributed by atoms with E-state index in [0.29, 0.717) is 24.0 Å². The molecule has 0 saturated carbocycles. The highest BCUT2D eigenvalue weighted by Crippen LogP contribution is 2.29. The fraction of sp³-hybridized carbons (Fsp3) is 0.333. The number of anilines is 2. The third-order valence-electron chi connectivity index (χ3n) is 3.99. The Morgan fingerprint density at radius 1 is 0.964 bits per heavy atom. The summed E-state index contributed by atoms with van der Waals surface area (Å²) < 4.78 is 10.6. The fourth-order valence-electron chi connectivity index (χ4n) is 2.58. The maximum absolute atomic E-state index is 12.2. The van der Waals surface area contributed by atoms with Gasteiger partial charge in [0, 0.05) is 24.0 Å². The van der Waals surface area contributed by atoms with Crippen LogP contribution in [0.3, 0.4) is 0 Å². The van der Waals surface area contributed by atoms with Crippen LogP contribution in [0.1, 0.15) is 19.4 Å². The number of hydrogen-bond donors (Lipinski definition) is 3. The van der Waals surface area contributed by atoms with E-state index in [0.717, 1.165) is 17.8 Å². The second-order valence-corrected chi connectivity index (χ2v) is 5.99. The molecule has 28 heavy (non-hydrogen) atoms. The summed E-state index contributed by atoms with van der Waals surface area (Å²) in [5.74, 6) is 1.57. The van der Waals surface area contributed by atoms with Crippen LogP contribution in [0.5, 0.6) is 11.5 Å². The Hall–Kier alpha value is -3.22. The molecule has 0 bridgehead atoms. The average Bonchev–Trinajstić information content (AvgIpc) is 2.72. The number of methoxy groups -OCH3 is 2. The van der Waals surface area contributed by atoms with Crippen molar-refractivity contribution in [1.29, 1.82) is 0 Å². The summed E-state index contributed by atoms with van der Waals surface area (Å²) in [7, 11) is 3.17. The van der Waals surface area contributed by atoms with E-state index in [1.807, 2.05) is 43.3 Å². The first-order chi connectivity index (χ1) is 13.6. The van der Waals surface area contributed by atoms with Crippen LogP contribution in [0, 0.1) is 0 Å². The minimum atomic E-state index is -0.183. The topological polar surface area (TPSA) is 84.0 Å². The SMILES string of the molecule is CCNC(=NCC(=O)Nc1cccc(CC)c1)Nc1ccc(OC)c(OC)c1. The summed E-state index contributed by atoms with van der Waals surface area (Å²) in [5.41, 5.74) is 2.72. The molecule has 7 heteroatoms. The largest absolute Gasteiger partial charge is 0.493 e. The molecule has 0 aliphatic heterocycles. The number of aliphatic imine (C=N–C) groups is 1. The van der Waals surface area contributed by atoms with E-state index in [1.165, 1.54) is 5.56 Å². The van der Waals surface area contributed by atoms with Crippen molar-refractivity contribution >= 4 is 23.2 Å². The van der Waals surface area contributed by atoms with Crippen LogP contribution in [0.2, 0.25) is 0 Å². The Kier molecular flexibility index (Phi) is 8.14. The highest BCUT2D eigenvalue weighted by molar-refractivity contribution is 5.97. The van der Waals surface area contributed by atoms with Gasteiger partial charge in [-0.2, -0.15) is 0 Å². The molecule has 2 rings (SSSR count). The first-order valence-electron chi connectivity index (χ1n) is 9.25. The van der Waals surface area contributed by atoms with Crippen molar-refractivity contribution < 1.29 is 14.3 Å². The van der Waals surface area contributed by atoms with E-state index < -0.39 is 0 Å². The van der Waals surface area contributed by atoms with Crippen LogP contribution >= 0.6 is 0 Å². The Morgan fingerprint density at radius 3 is 2.39 bits per heavy atom. The van der Waals surface area contributed by atoms with Crippen molar-refractivity contribution in [3.8, 4) is 11.5 Å². The van der Waals surface area contributed by atoms with Crippen LogP contribution in [-0.4, -0.2) is 39.2 Å². The zero-order valence-corrected chi connectivity index (χ0v) is 16.8. The number of hydrogen-bond acceptors (Lipinski definition) is 4. The van der Waals surface area contributed by atoms with Crippen LogP contribution in [-0.2, 0) is 11.2 Å². The Bertz CT molecular complexity index is 821. The molecule has 0 aliphatic carbocycles. The normalized spacial score (nSPS) is 10.9. The van der Waals surface area contributed by atoms with Gasteiger partial charge in [0.15, 0.2) is 17.5 Å². The molecule has 7 nitrogen and oxygen atoms in total. The lowest BCUT2D eigenvalue weighted by molar-refractivity contribution is -0.114. The van der Waals surface area contributed by atoms with Gasteiger partial charge in [0.2, 0.25) is 5.91 Å². The number of amides is 1. The van der Waals surface area contributed by atoms with Crippen molar-refractivity contribution in [2.24, 2.45) is 4.99 Å². The Labute approximate surface area is 166 Å². The molecule has 0 spiro atoms. The standard InChI is InChI=1S/C21H28N4O3/c1-5-15-8-7-9-16(12-15)24-20(26)14-23-21(22-6-2)25-17-10-11-18(27-3)19(13-17)28-4/h7-13H,5-6,14H2,1-4H3,(H,24,26)(H2,22,23,25). The van der Waals surface area contributed by atoms with Gasteiger partial charge in [0.1, 0.15) is 6.54 Å². The monoisotopic (exact) mass is 384 g/mol. The summed E-state index contributed by atoms with van der Waals surface area (Å²) in [6, 6.07) is 13.3. The number of nitrogens with one attached hydrogen (secondary N) is 3. The van der Waals surface area contributed by atoms with Crippen molar-refractivity contribution in [2.75, 3.05) is 37.9 Å². The Balaban J connectivity index is 2.04. The molecule has 150 valence electrons. The molecule has 0 atom stereocenters. The molecular formula is C21H28N4O3. The molecule has 0 aliphatic rings. The van der Waals surface area contributed by atoms with Crippen LogP contribution in [0.15, 0.2) is 47.5 Å². The molecule has 0 heterocycles. The first-order valence-corrected chi connectivity index (χ1v) is 9.25. The summed E-state index contributed by atoms with van der Waals surface area (Å²) in [6.07, 6.45) is 0.918.